The standard InChI is InChI=1S/C33H40N4O5S/c1-25-9-6-7-21-35(25)22-8-23-36(43(39,40)29-18-16-28(42-3)17-19-29)24-20-32-34-31-11-5-4-10-30(31)33(38)37(32)26-12-14-27(41-2)15-13-26/h4-5,10-19,25H,6-9,20-24H2,1-3H3. The molecule has 1 saturated heterocycles. The van der Waals surface area contributed by atoms with Gasteiger partial charge in [0, 0.05) is 25.6 Å². The molecular weight excluding hydrogens is 564 g/mol. The highest BCUT2D eigenvalue weighted by molar-refractivity contribution is 7.89. The number of aromatic nitrogens is 2. The summed E-state index contributed by atoms with van der Waals surface area (Å²) in [6.07, 6.45) is 4.54. The predicted molar refractivity (Wildman–Crippen MR) is 169 cm³/mol. The summed E-state index contributed by atoms with van der Waals surface area (Å²) in [6.45, 7) is 4.65. The lowest BCUT2D eigenvalue weighted by Gasteiger charge is -2.34. The smallest absolute Gasteiger partial charge is 0.265 e. The van der Waals surface area contributed by atoms with Gasteiger partial charge in [-0.2, -0.15) is 4.31 Å². The number of nitrogens with zero attached hydrogens (tertiary/aromatic N) is 4. The Morgan fingerprint density at radius 2 is 1.58 bits per heavy atom. The fourth-order valence-electron chi connectivity index (χ4n) is 5.76. The van der Waals surface area contributed by atoms with Gasteiger partial charge in [-0.05, 0) is 99.9 Å². The van der Waals surface area contributed by atoms with Crippen molar-refractivity contribution in [1.82, 2.24) is 18.8 Å². The van der Waals surface area contributed by atoms with Crippen LogP contribution in [0.2, 0.25) is 0 Å². The summed E-state index contributed by atoms with van der Waals surface area (Å²) >= 11 is 0. The van der Waals surface area contributed by atoms with E-state index in [1.807, 2.05) is 30.3 Å². The molecule has 0 spiro atoms. The molecule has 43 heavy (non-hydrogen) atoms. The molecule has 1 aliphatic heterocycles. The van der Waals surface area contributed by atoms with E-state index in [1.165, 1.54) is 23.6 Å². The number of rotatable bonds is 12. The average Bonchev–Trinajstić information content (AvgIpc) is 3.03. The Hall–Kier alpha value is -3.73. The molecular formula is C33H40N4O5S. The number of fused-ring (bicyclic) bond motifs is 1. The molecule has 1 atom stereocenters. The van der Waals surface area contributed by atoms with Crippen LogP contribution in [0.15, 0.2) is 82.5 Å². The number of benzene rings is 3. The molecule has 1 aliphatic rings. The Morgan fingerprint density at radius 3 is 2.26 bits per heavy atom. The summed E-state index contributed by atoms with van der Waals surface area (Å²) in [5.74, 6) is 1.76. The lowest BCUT2D eigenvalue weighted by atomic mass is 10.0. The number of hydrogen-bond donors (Lipinski definition) is 0. The molecule has 0 amide bonds. The minimum Gasteiger partial charge on any atom is -0.497 e. The molecule has 0 N–H and O–H groups in total. The number of ether oxygens (including phenoxy) is 2. The van der Waals surface area contributed by atoms with Gasteiger partial charge in [-0.3, -0.25) is 9.36 Å². The van der Waals surface area contributed by atoms with Gasteiger partial charge in [0.15, 0.2) is 0 Å². The third-order valence-electron chi connectivity index (χ3n) is 8.25. The number of piperidine rings is 1. The lowest BCUT2D eigenvalue weighted by Crippen LogP contribution is -2.40. The molecule has 1 unspecified atom stereocenters. The van der Waals surface area contributed by atoms with Crippen molar-refractivity contribution in [3.63, 3.8) is 0 Å². The van der Waals surface area contributed by atoms with Crippen LogP contribution in [0.1, 0.15) is 38.4 Å². The lowest BCUT2D eigenvalue weighted by molar-refractivity contribution is 0.155. The molecule has 1 aromatic heterocycles. The van der Waals surface area contributed by atoms with Crippen molar-refractivity contribution in [1.29, 1.82) is 0 Å². The van der Waals surface area contributed by atoms with Crippen molar-refractivity contribution in [3.05, 3.63) is 89.0 Å². The average molecular weight is 605 g/mol. The Kier molecular flexibility index (Phi) is 9.79. The molecule has 5 rings (SSSR count). The van der Waals surface area contributed by atoms with Gasteiger partial charge in [0.25, 0.3) is 5.56 Å². The second-order valence-electron chi connectivity index (χ2n) is 10.9. The molecule has 0 saturated carbocycles. The van der Waals surface area contributed by atoms with E-state index < -0.39 is 10.0 Å². The van der Waals surface area contributed by atoms with Crippen molar-refractivity contribution < 1.29 is 17.9 Å². The highest BCUT2D eigenvalue weighted by atomic mass is 32.2. The monoisotopic (exact) mass is 604 g/mol. The van der Waals surface area contributed by atoms with Crippen molar-refractivity contribution in [3.8, 4) is 17.2 Å². The highest BCUT2D eigenvalue weighted by Gasteiger charge is 2.26. The first-order chi connectivity index (χ1) is 20.8. The van der Waals surface area contributed by atoms with E-state index in [9.17, 15) is 13.2 Å². The third kappa shape index (κ3) is 6.92. The largest absolute Gasteiger partial charge is 0.497 e. The summed E-state index contributed by atoms with van der Waals surface area (Å²) in [6, 6.07) is 21.4. The van der Waals surface area contributed by atoms with Crippen LogP contribution in [-0.4, -0.2) is 73.6 Å². The first-order valence-electron chi connectivity index (χ1n) is 14.8. The number of sulfonamides is 1. The van der Waals surface area contributed by atoms with Gasteiger partial charge in [-0.25, -0.2) is 13.4 Å². The first-order valence-corrected chi connectivity index (χ1v) is 16.3. The highest BCUT2D eigenvalue weighted by Crippen LogP contribution is 2.23. The minimum atomic E-state index is -3.82. The second-order valence-corrected chi connectivity index (χ2v) is 12.9. The van der Waals surface area contributed by atoms with Crippen LogP contribution in [0.25, 0.3) is 16.6 Å². The number of hydrogen-bond acceptors (Lipinski definition) is 7. The summed E-state index contributed by atoms with van der Waals surface area (Å²) in [4.78, 5) is 21.3. The van der Waals surface area contributed by atoms with E-state index in [0.717, 1.165) is 13.1 Å². The van der Waals surface area contributed by atoms with E-state index in [1.54, 1.807) is 61.3 Å². The van der Waals surface area contributed by atoms with Gasteiger partial charge < -0.3 is 14.4 Å². The predicted octanol–water partition coefficient (Wildman–Crippen LogP) is 4.90. The van der Waals surface area contributed by atoms with Crippen molar-refractivity contribution >= 4 is 20.9 Å². The van der Waals surface area contributed by atoms with Gasteiger partial charge in [0.1, 0.15) is 17.3 Å². The number of likely N-dealkylation sites (tertiary alicyclic amines) is 1. The van der Waals surface area contributed by atoms with Crippen molar-refractivity contribution in [2.24, 2.45) is 0 Å². The van der Waals surface area contributed by atoms with E-state index in [2.05, 4.69) is 11.8 Å². The molecule has 4 aromatic rings. The van der Waals surface area contributed by atoms with Crippen LogP contribution < -0.4 is 15.0 Å². The van der Waals surface area contributed by atoms with Crippen LogP contribution in [0.5, 0.6) is 11.5 Å². The topological polar surface area (TPSA) is 94.0 Å². The quantitative estimate of drug-likeness (QED) is 0.227. The summed E-state index contributed by atoms with van der Waals surface area (Å²) < 4.78 is 41.6. The first kappa shape index (κ1) is 30.7. The maximum Gasteiger partial charge on any atom is 0.265 e. The Labute approximate surface area is 253 Å². The second kappa shape index (κ2) is 13.7. The van der Waals surface area contributed by atoms with E-state index in [4.69, 9.17) is 14.5 Å². The fraction of sp³-hybridized carbons (Fsp3) is 0.394. The van der Waals surface area contributed by atoms with Gasteiger partial charge in [-0.1, -0.05) is 18.6 Å². The molecule has 9 nitrogen and oxygen atoms in total. The van der Waals surface area contributed by atoms with Crippen LogP contribution >= 0.6 is 0 Å². The molecule has 0 aliphatic carbocycles. The van der Waals surface area contributed by atoms with Crippen molar-refractivity contribution in [2.75, 3.05) is 40.4 Å². The normalized spacial score (nSPS) is 16.0. The summed E-state index contributed by atoms with van der Waals surface area (Å²) in [7, 11) is -0.681. The van der Waals surface area contributed by atoms with Gasteiger partial charge in [-0.15, -0.1) is 0 Å². The molecule has 0 radical (unpaired) electrons. The fourth-order valence-corrected chi connectivity index (χ4v) is 7.24. The third-order valence-corrected chi connectivity index (χ3v) is 10.2. The number of para-hydroxylation sites is 1. The minimum absolute atomic E-state index is 0.171. The Bertz CT molecular complexity index is 1690. The van der Waals surface area contributed by atoms with Crippen molar-refractivity contribution in [2.45, 2.75) is 50.0 Å². The molecule has 0 bridgehead atoms. The van der Waals surface area contributed by atoms with Crippen LogP contribution in [0.3, 0.4) is 0 Å². The van der Waals surface area contributed by atoms with E-state index >= 15 is 0 Å². The number of methoxy groups -OCH3 is 2. The molecule has 10 heteroatoms. The summed E-state index contributed by atoms with van der Waals surface area (Å²) in [5.41, 5.74) is 1.02. The van der Waals surface area contributed by atoms with Crippen LogP contribution in [0.4, 0.5) is 0 Å². The molecule has 3 aromatic carbocycles. The van der Waals surface area contributed by atoms with E-state index in [0.29, 0.717) is 52.9 Å². The van der Waals surface area contributed by atoms with Gasteiger partial charge in [0.05, 0.1) is 35.7 Å². The molecule has 2 heterocycles. The van der Waals surface area contributed by atoms with E-state index in [-0.39, 0.29) is 23.4 Å². The zero-order valence-electron chi connectivity index (χ0n) is 25.1. The molecule has 228 valence electrons. The Balaban J connectivity index is 1.47. The SMILES string of the molecule is COc1ccc(-n2c(CCN(CCCN3CCCCC3C)S(=O)(=O)c3ccc(OC)cc3)nc3ccccc3c2=O)cc1. The zero-order chi connectivity index (χ0) is 30.4. The van der Waals surface area contributed by atoms with Gasteiger partial charge >= 0.3 is 0 Å². The van der Waals surface area contributed by atoms with Crippen LogP contribution in [-0.2, 0) is 16.4 Å². The Morgan fingerprint density at radius 1 is 0.907 bits per heavy atom. The summed E-state index contributed by atoms with van der Waals surface area (Å²) in [5, 5.41) is 0.500. The van der Waals surface area contributed by atoms with Crippen LogP contribution in [0, 0.1) is 0 Å². The molecule has 1 fully saturated rings. The zero-order valence-corrected chi connectivity index (χ0v) is 25.9. The maximum absolute atomic E-state index is 14.0. The maximum atomic E-state index is 14.0. The van der Waals surface area contributed by atoms with Gasteiger partial charge in [0.2, 0.25) is 10.0 Å².